The first kappa shape index (κ1) is 22.7. The summed E-state index contributed by atoms with van der Waals surface area (Å²) >= 11 is 0. The van der Waals surface area contributed by atoms with Gasteiger partial charge in [-0.25, -0.2) is 0 Å². The Morgan fingerprint density at radius 1 is 1.00 bits per heavy atom. The van der Waals surface area contributed by atoms with Gasteiger partial charge in [0.15, 0.2) is 17.3 Å². The summed E-state index contributed by atoms with van der Waals surface area (Å²) in [5, 5.41) is 0. The summed E-state index contributed by atoms with van der Waals surface area (Å²) in [5.74, 6) is 0.939. The predicted molar refractivity (Wildman–Crippen MR) is 121 cm³/mol. The number of Topliss-reactive ketones (excluding diaryl/α,β-unsaturated/α-hetero) is 3. The Hall–Kier alpha value is -3.48. The third kappa shape index (κ3) is 4.82. The van der Waals surface area contributed by atoms with Gasteiger partial charge in [-0.2, -0.15) is 0 Å². The quantitative estimate of drug-likeness (QED) is 0.576. The predicted octanol–water partition coefficient (Wildman–Crippen LogP) is 3.09. The van der Waals surface area contributed by atoms with Gasteiger partial charge >= 0.3 is 0 Å². The van der Waals surface area contributed by atoms with E-state index in [0.717, 1.165) is 16.7 Å². The number of nitrogens with zero attached hydrogens (tertiary/aromatic N) is 1. The number of ketones is 3. The van der Waals surface area contributed by atoms with Crippen molar-refractivity contribution in [2.45, 2.75) is 51.1 Å². The van der Waals surface area contributed by atoms with Gasteiger partial charge in [0.1, 0.15) is 11.6 Å². The van der Waals surface area contributed by atoms with E-state index in [9.17, 15) is 19.2 Å². The van der Waals surface area contributed by atoms with Gasteiger partial charge < -0.3 is 14.4 Å². The van der Waals surface area contributed by atoms with Gasteiger partial charge in [0.2, 0.25) is 0 Å². The van der Waals surface area contributed by atoms with E-state index in [1.807, 2.05) is 24.3 Å². The van der Waals surface area contributed by atoms with Crippen LogP contribution in [0.5, 0.6) is 11.5 Å². The zero-order valence-electron chi connectivity index (χ0n) is 18.9. The fourth-order valence-electron chi connectivity index (χ4n) is 4.58. The topological polar surface area (TPSA) is 90.0 Å². The highest BCUT2D eigenvalue weighted by Gasteiger charge is 2.38. The molecule has 172 valence electrons. The molecule has 7 heteroatoms. The van der Waals surface area contributed by atoms with Crippen molar-refractivity contribution in [3.63, 3.8) is 0 Å². The molecule has 0 saturated heterocycles. The highest BCUT2D eigenvalue weighted by atomic mass is 16.5. The number of hydrogen-bond acceptors (Lipinski definition) is 6. The number of amides is 1. The van der Waals surface area contributed by atoms with Crippen LogP contribution in [0.15, 0.2) is 36.4 Å². The number of ether oxygens (including phenoxy) is 2. The molecule has 1 saturated carbocycles. The molecule has 1 aliphatic heterocycles. The van der Waals surface area contributed by atoms with Gasteiger partial charge in [0.25, 0.3) is 5.91 Å². The van der Waals surface area contributed by atoms with Gasteiger partial charge in [-0.3, -0.25) is 19.2 Å². The Balaban J connectivity index is 1.37. The molecule has 1 aliphatic carbocycles. The number of aryl methyl sites for hydroxylation is 1. The Morgan fingerprint density at radius 2 is 1.76 bits per heavy atom. The average Bonchev–Trinajstić information content (AvgIpc) is 3.13. The Bertz CT molecular complexity index is 1120. The minimum Gasteiger partial charge on any atom is -0.493 e. The maximum Gasteiger partial charge on any atom is 0.255 e. The lowest BCUT2D eigenvalue weighted by Crippen LogP contribution is -2.44. The maximum atomic E-state index is 12.8. The smallest absolute Gasteiger partial charge is 0.255 e. The van der Waals surface area contributed by atoms with E-state index in [1.165, 1.54) is 0 Å². The summed E-state index contributed by atoms with van der Waals surface area (Å²) < 4.78 is 10.5. The average molecular weight is 450 g/mol. The highest BCUT2D eigenvalue weighted by molar-refractivity contribution is 6.07. The van der Waals surface area contributed by atoms with Crippen LogP contribution in [-0.2, 0) is 33.8 Å². The summed E-state index contributed by atoms with van der Waals surface area (Å²) in [6.07, 6.45) is 1.91. The monoisotopic (exact) mass is 449 g/mol. The van der Waals surface area contributed by atoms with Crippen LogP contribution >= 0.6 is 0 Å². The molecule has 1 amide bonds. The largest absolute Gasteiger partial charge is 0.493 e. The van der Waals surface area contributed by atoms with E-state index in [4.69, 9.17) is 9.47 Å². The lowest BCUT2D eigenvalue weighted by molar-refractivity contribution is -0.133. The molecule has 0 N–H and O–H groups in total. The van der Waals surface area contributed by atoms with Crippen LogP contribution < -0.4 is 9.47 Å². The van der Waals surface area contributed by atoms with E-state index in [0.29, 0.717) is 55.7 Å². The number of fused-ring (bicyclic) bond motifs is 1. The molecule has 2 aromatic rings. The van der Waals surface area contributed by atoms with E-state index < -0.39 is 6.04 Å². The summed E-state index contributed by atoms with van der Waals surface area (Å²) in [5.41, 5.74) is 3.31. The molecule has 1 heterocycles. The van der Waals surface area contributed by atoms with E-state index in [2.05, 4.69) is 0 Å². The lowest BCUT2D eigenvalue weighted by Gasteiger charge is -2.29. The van der Waals surface area contributed by atoms with Crippen LogP contribution in [0.2, 0.25) is 0 Å². The van der Waals surface area contributed by atoms with Crippen molar-refractivity contribution in [3.8, 4) is 11.5 Å². The van der Waals surface area contributed by atoms with Crippen molar-refractivity contribution < 1.29 is 28.7 Å². The molecule has 33 heavy (non-hydrogen) atoms. The Labute approximate surface area is 192 Å². The van der Waals surface area contributed by atoms with Gasteiger partial charge in [0.05, 0.1) is 26.7 Å². The van der Waals surface area contributed by atoms with E-state index >= 15 is 0 Å². The highest BCUT2D eigenvalue weighted by Crippen LogP contribution is 2.30. The van der Waals surface area contributed by atoms with Crippen molar-refractivity contribution in [1.29, 1.82) is 0 Å². The van der Waals surface area contributed by atoms with Crippen molar-refractivity contribution >= 4 is 23.3 Å². The summed E-state index contributed by atoms with van der Waals surface area (Å²) in [6, 6.07) is 10.5. The number of benzene rings is 2. The third-order valence-corrected chi connectivity index (χ3v) is 6.36. The second-order valence-electron chi connectivity index (χ2n) is 8.57. The van der Waals surface area contributed by atoms with Crippen LogP contribution in [0.1, 0.15) is 52.7 Å². The van der Waals surface area contributed by atoms with Crippen LogP contribution in [0.4, 0.5) is 0 Å². The molecule has 1 unspecified atom stereocenters. The molecular formula is C26H27NO6. The molecule has 1 atom stereocenters. The van der Waals surface area contributed by atoms with E-state index in [-0.39, 0.29) is 29.7 Å². The molecule has 2 aliphatic rings. The molecule has 0 aromatic heterocycles. The fourth-order valence-corrected chi connectivity index (χ4v) is 4.58. The van der Waals surface area contributed by atoms with Crippen LogP contribution in [0, 0.1) is 0 Å². The lowest BCUT2D eigenvalue weighted by atomic mass is 9.92. The summed E-state index contributed by atoms with van der Waals surface area (Å²) in [7, 11) is 3.13. The van der Waals surface area contributed by atoms with Gasteiger partial charge in [-0.05, 0) is 47.7 Å². The molecule has 4 rings (SSSR count). The molecule has 0 bridgehead atoms. The van der Waals surface area contributed by atoms with Gasteiger partial charge in [-0.1, -0.05) is 18.2 Å². The van der Waals surface area contributed by atoms with Gasteiger partial charge in [-0.15, -0.1) is 0 Å². The normalized spacial score (nSPS) is 17.8. The first-order valence-corrected chi connectivity index (χ1v) is 11.1. The number of carbonyl (C=O) groups is 4. The fraction of sp³-hybridized carbons (Fsp3) is 0.385. The number of methoxy groups -OCH3 is 2. The number of hydrogen-bond donors (Lipinski definition) is 0. The van der Waals surface area contributed by atoms with Crippen molar-refractivity contribution in [2.75, 3.05) is 14.2 Å². The first-order valence-electron chi connectivity index (χ1n) is 11.1. The maximum absolute atomic E-state index is 12.8. The Morgan fingerprint density at radius 3 is 2.48 bits per heavy atom. The second kappa shape index (κ2) is 9.57. The molecule has 0 radical (unpaired) electrons. The minimum atomic E-state index is -0.519. The van der Waals surface area contributed by atoms with Crippen molar-refractivity contribution in [1.82, 2.24) is 4.90 Å². The van der Waals surface area contributed by atoms with Crippen molar-refractivity contribution in [3.05, 3.63) is 58.7 Å². The van der Waals surface area contributed by atoms with Gasteiger partial charge in [0, 0.05) is 31.4 Å². The molecule has 0 spiro atoms. The standard InChI is InChI=1S/C26H27NO6/c1-32-24-10-5-17(13-25(24)33-2)12-19(28)6-3-16-4-8-21-18(11-16)15-27(26(21)31)22-9-7-20(29)14-23(22)30/h4-5,8,10-11,13,22H,3,6-7,9,12,14-15H2,1-2H3. The summed E-state index contributed by atoms with van der Waals surface area (Å²) in [6.45, 7) is 0.367. The SMILES string of the molecule is COc1ccc(CC(=O)CCc2ccc3c(c2)CN(C2CCC(=O)CC2=O)C3=O)cc1OC. The zero-order valence-corrected chi connectivity index (χ0v) is 18.9. The van der Waals surface area contributed by atoms with E-state index in [1.54, 1.807) is 31.3 Å². The van der Waals surface area contributed by atoms with Crippen molar-refractivity contribution in [2.24, 2.45) is 0 Å². The summed E-state index contributed by atoms with van der Waals surface area (Å²) in [4.78, 5) is 50.8. The molecule has 2 aromatic carbocycles. The number of rotatable bonds is 8. The van der Waals surface area contributed by atoms with Crippen LogP contribution in [-0.4, -0.2) is 48.4 Å². The minimum absolute atomic E-state index is 0.0551. The zero-order chi connectivity index (χ0) is 23.5. The Kier molecular flexibility index (Phi) is 6.58. The molecular weight excluding hydrogens is 422 g/mol. The third-order valence-electron chi connectivity index (χ3n) is 6.36. The number of carbonyl (C=O) groups excluding carboxylic acids is 4. The van der Waals surface area contributed by atoms with Crippen LogP contribution in [0.3, 0.4) is 0 Å². The molecule has 7 nitrogen and oxygen atoms in total. The molecule has 1 fully saturated rings. The van der Waals surface area contributed by atoms with Crippen LogP contribution in [0.25, 0.3) is 0 Å². The second-order valence-corrected chi connectivity index (χ2v) is 8.57. The first-order chi connectivity index (χ1) is 15.9.